The lowest BCUT2D eigenvalue weighted by atomic mass is 10.1. The molecule has 1 atom stereocenters. The van der Waals surface area contributed by atoms with Gasteiger partial charge in [0.1, 0.15) is 0 Å². The van der Waals surface area contributed by atoms with Gasteiger partial charge in [-0.25, -0.2) is 0 Å². The average molecular weight is 452 g/mol. The van der Waals surface area contributed by atoms with Gasteiger partial charge in [0.2, 0.25) is 8.32 Å². The molecule has 0 saturated heterocycles. The predicted octanol–water partition coefficient (Wildman–Crippen LogP) is 7.19. The summed E-state index contributed by atoms with van der Waals surface area (Å²) in [6.07, 6.45) is 4.55. The van der Waals surface area contributed by atoms with Crippen molar-refractivity contribution in [1.82, 2.24) is 5.06 Å². The summed E-state index contributed by atoms with van der Waals surface area (Å²) in [5.41, 5.74) is 1.08. The SMILES string of the molecule is CC(C)(C)[Si](C)(C)O/C=C\CC(CO[Si](C)(C)C(C)(C)C)N(O)Cc1ccccc1. The topological polar surface area (TPSA) is 41.9 Å². The first-order valence-electron chi connectivity index (χ1n) is 11.0. The summed E-state index contributed by atoms with van der Waals surface area (Å²) in [6, 6.07) is 9.92. The highest BCUT2D eigenvalue weighted by atomic mass is 28.4. The molecule has 1 aromatic carbocycles. The van der Waals surface area contributed by atoms with E-state index in [2.05, 4.69) is 67.7 Å². The van der Waals surface area contributed by atoms with Crippen LogP contribution in [0, 0.1) is 0 Å². The van der Waals surface area contributed by atoms with E-state index in [4.69, 9.17) is 8.85 Å². The molecule has 0 radical (unpaired) electrons. The van der Waals surface area contributed by atoms with Crippen molar-refractivity contribution >= 4 is 16.6 Å². The lowest BCUT2D eigenvalue weighted by Gasteiger charge is -2.38. The van der Waals surface area contributed by atoms with E-state index in [0.29, 0.717) is 19.6 Å². The Balaban J connectivity index is 2.85. The Kier molecular flexibility index (Phi) is 9.57. The van der Waals surface area contributed by atoms with Crippen LogP contribution in [0.3, 0.4) is 0 Å². The molecular formula is C24H45NO3Si2. The smallest absolute Gasteiger partial charge is 0.249 e. The van der Waals surface area contributed by atoms with Crippen molar-refractivity contribution < 1.29 is 14.1 Å². The molecule has 0 spiro atoms. The summed E-state index contributed by atoms with van der Waals surface area (Å²) < 4.78 is 12.6. The van der Waals surface area contributed by atoms with Crippen molar-refractivity contribution in [3.63, 3.8) is 0 Å². The number of hydroxylamine groups is 2. The quantitative estimate of drug-likeness (QED) is 0.232. The first-order chi connectivity index (χ1) is 13.6. The van der Waals surface area contributed by atoms with E-state index in [0.717, 1.165) is 5.56 Å². The second kappa shape index (κ2) is 10.6. The number of benzene rings is 1. The van der Waals surface area contributed by atoms with Crippen molar-refractivity contribution in [2.75, 3.05) is 6.61 Å². The van der Waals surface area contributed by atoms with Crippen LogP contribution < -0.4 is 0 Å². The van der Waals surface area contributed by atoms with Crippen LogP contribution in [-0.4, -0.2) is 39.6 Å². The largest absolute Gasteiger partial charge is 0.549 e. The van der Waals surface area contributed by atoms with Crippen LogP contribution in [0.4, 0.5) is 0 Å². The monoisotopic (exact) mass is 451 g/mol. The molecule has 0 aliphatic heterocycles. The Morgan fingerprint density at radius 1 is 0.933 bits per heavy atom. The molecule has 1 unspecified atom stereocenters. The third kappa shape index (κ3) is 8.31. The third-order valence-corrected chi connectivity index (χ3v) is 15.6. The van der Waals surface area contributed by atoms with Crippen LogP contribution in [0.15, 0.2) is 42.7 Å². The Labute approximate surface area is 187 Å². The van der Waals surface area contributed by atoms with E-state index < -0.39 is 16.6 Å². The molecule has 6 heteroatoms. The summed E-state index contributed by atoms with van der Waals surface area (Å²) in [4.78, 5) is 0. The molecule has 0 aliphatic carbocycles. The summed E-state index contributed by atoms with van der Waals surface area (Å²) in [7, 11) is -3.72. The fraction of sp³-hybridized carbons (Fsp3) is 0.667. The average Bonchev–Trinajstić information content (AvgIpc) is 2.59. The normalized spacial score (nSPS) is 15.1. The minimum Gasteiger partial charge on any atom is -0.549 e. The third-order valence-electron chi connectivity index (χ3n) is 6.72. The summed E-state index contributed by atoms with van der Waals surface area (Å²) in [6.45, 7) is 23.4. The molecule has 0 fully saturated rings. The van der Waals surface area contributed by atoms with Gasteiger partial charge in [-0.05, 0) is 54.3 Å². The number of rotatable bonds is 10. The molecule has 0 saturated carbocycles. The maximum atomic E-state index is 10.9. The standard InChI is InChI=1S/C24H45NO3Si2/c1-23(2,3)29(7,8)27-18-14-17-22(20-28-30(9,10)24(4,5)6)25(26)19-21-15-12-11-13-16-21/h11-16,18,22,26H,17,19-20H2,1-10H3/b18-14-. The second-order valence-electron chi connectivity index (χ2n) is 11.3. The zero-order valence-corrected chi connectivity index (χ0v) is 23.0. The van der Waals surface area contributed by atoms with E-state index in [9.17, 15) is 5.21 Å². The van der Waals surface area contributed by atoms with E-state index >= 15 is 0 Å². The predicted molar refractivity (Wildman–Crippen MR) is 133 cm³/mol. The van der Waals surface area contributed by atoms with Crippen LogP contribution in [-0.2, 0) is 15.4 Å². The van der Waals surface area contributed by atoms with Crippen molar-refractivity contribution in [2.24, 2.45) is 0 Å². The van der Waals surface area contributed by atoms with Crippen molar-refractivity contribution in [3.05, 3.63) is 48.2 Å². The fourth-order valence-electron chi connectivity index (χ4n) is 2.30. The maximum Gasteiger partial charge on any atom is 0.249 e. The second-order valence-corrected chi connectivity index (χ2v) is 20.9. The Hall–Kier alpha value is -0.926. The van der Waals surface area contributed by atoms with Crippen molar-refractivity contribution in [2.45, 2.75) is 96.8 Å². The van der Waals surface area contributed by atoms with Gasteiger partial charge in [-0.15, -0.1) is 0 Å². The lowest BCUT2D eigenvalue weighted by Crippen LogP contribution is -2.45. The van der Waals surface area contributed by atoms with Gasteiger partial charge < -0.3 is 14.1 Å². The van der Waals surface area contributed by atoms with Crippen molar-refractivity contribution in [1.29, 1.82) is 0 Å². The molecule has 0 heterocycles. The van der Waals surface area contributed by atoms with Crippen LogP contribution in [0.5, 0.6) is 0 Å². The van der Waals surface area contributed by atoms with Gasteiger partial charge in [0, 0.05) is 6.54 Å². The maximum absolute atomic E-state index is 10.9. The molecule has 0 aromatic heterocycles. The highest BCUT2D eigenvalue weighted by Gasteiger charge is 2.39. The van der Waals surface area contributed by atoms with Gasteiger partial charge in [0.05, 0.1) is 18.9 Å². The zero-order chi connectivity index (χ0) is 23.2. The van der Waals surface area contributed by atoms with Crippen LogP contribution in [0.1, 0.15) is 53.5 Å². The number of nitrogens with zero attached hydrogens (tertiary/aromatic N) is 1. The molecule has 1 aromatic rings. The summed E-state index contributed by atoms with van der Waals surface area (Å²) in [5.74, 6) is 0. The van der Waals surface area contributed by atoms with E-state index in [1.165, 1.54) is 5.06 Å². The first kappa shape index (κ1) is 27.1. The van der Waals surface area contributed by atoms with Crippen LogP contribution >= 0.6 is 0 Å². The van der Waals surface area contributed by atoms with Crippen LogP contribution in [0.2, 0.25) is 36.3 Å². The highest BCUT2D eigenvalue weighted by molar-refractivity contribution is 6.74. The zero-order valence-electron chi connectivity index (χ0n) is 21.0. The molecule has 4 nitrogen and oxygen atoms in total. The fourth-order valence-corrected chi connectivity index (χ4v) is 4.14. The van der Waals surface area contributed by atoms with Crippen LogP contribution in [0.25, 0.3) is 0 Å². The molecule has 0 aliphatic rings. The summed E-state index contributed by atoms with van der Waals surface area (Å²) >= 11 is 0. The molecule has 1 rings (SSSR count). The molecule has 1 N–H and O–H groups in total. The lowest BCUT2D eigenvalue weighted by molar-refractivity contribution is -0.143. The van der Waals surface area contributed by atoms with E-state index in [1.54, 1.807) is 0 Å². The molecule has 0 bridgehead atoms. The van der Waals surface area contributed by atoms with Gasteiger partial charge >= 0.3 is 0 Å². The molecule has 0 amide bonds. The molecule has 30 heavy (non-hydrogen) atoms. The summed E-state index contributed by atoms with van der Waals surface area (Å²) in [5, 5.41) is 12.6. The minimum absolute atomic E-state index is 0.126. The number of hydrogen-bond donors (Lipinski definition) is 1. The Morgan fingerprint density at radius 3 is 1.97 bits per heavy atom. The molecular weight excluding hydrogens is 406 g/mol. The highest BCUT2D eigenvalue weighted by Crippen LogP contribution is 2.37. The van der Waals surface area contributed by atoms with Gasteiger partial charge in [-0.3, -0.25) is 0 Å². The van der Waals surface area contributed by atoms with Gasteiger partial charge in [0.25, 0.3) is 0 Å². The first-order valence-corrected chi connectivity index (χ1v) is 16.8. The van der Waals surface area contributed by atoms with E-state index in [1.807, 2.05) is 42.7 Å². The van der Waals surface area contributed by atoms with Gasteiger partial charge in [-0.1, -0.05) is 71.9 Å². The Morgan fingerprint density at radius 2 is 1.47 bits per heavy atom. The number of hydrogen-bond acceptors (Lipinski definition) is 4. The van der Waals surface area contributed by atoms with Gasteiger partial charge in [0.15, 0.2) is 8.32 Å². The Bertz CT molecular complexity index is 661. The van der Waals surface area contributed by atoms with Gasteiger partial charge in [-0.2, -0.15) is 5.06 Å². The minimum atomic E-state index is -1.89. The van der Waals surface area contributed by atoms with Crippen molar-refractivity contribution in [3.8, 4) is 0 Å². The van der Waals surface area contributed by atoms with E-state index in [-0.39, 0.29) is 16.1 Å². The molecule has 172 valence electrons.